The predicted molar refractivity (Wildman–Crippen MR) is 147 cm³/mol. The minimum Gasteiger partial charge on any atom is -0.497 e. The zero-order chi connectivity index (χ0) is 25.4. The molecule has 1 fully saturated rings. The molecule has 0 amide bonds. The van der Waals surface area contributed by atoms with E-state index in [-0.39, 0.29) is 12.1 Å². The first-order valence-corrected chi connectivity index (χ1v) is 12.3. The number of hydrogen-bond acceptors (Lipinski definition) is 4. The van der Waals surface area contributed by atoms with Crippen molar-refractivity contribution in [2.45, 2.75) is 32.9 Å². The number of rotatable bonds is 6. The van der Waals surface area contributed by atoms with Gasteiger partial charge in [-0.2, -0.15) is 0 Å². The Morgan fingerprint density at radius 1 is 0.889 bits per heavy atom. The van der Waals surface area contributed by atoms with E-state index in [0.29, 0.717) is 10.9 Å². The molecule has 0 spiro atoms. The van der Waals surface area contributed by atoms with Crippen molar-refractivity contribution < 1.29 is 9.47 Å². The van der Waals surface area contributed by atoms with Crippen LogP contribution in [0.15, 0.2) is 72.9 Å². The van der Waals surface area contributed by atoms with E-state index in [0.717, 1.165) is 22.8 Å². The normalized spacial score (nSPS) is 17.2. The molecule has 1 aliphatic heterocycles. The van der Waals surface area contributed by atoms with Gasteiger partial charge in [0.05, 0.1) is 37.7 Å². The van der Waals surface area contributed by atoms with E-state index in [2.05, 4.69) is 59.8 Å². The van der Waals surface area contributed by atoms with Crippen molar-refractivity contribution in [3.05, 3.63) is 101 Å². The molecule has 0 saturated carbocycles. The maximum Gasteiger partial charge on any atom is 0.174 e. The number of aromatic nitrogens is 2. The standard InChI is InChI=1S/C29H30N4O2S/c1-18-19(2)32(21-11-7-6-8-12-21)20(3)26(18)28-27(23-13-9-10-16-30-23)31-29(36)33(28)24-15-14-22(34-4)17-25(24)35-5/h6-17,27-28H,1-5H3,(H,31,36). The number of thiocarbonyl (C=S) groups is 1. The summed E-state index contributed by atoms with van der Waals surface area (Å²) < 4.78 is 13.6. The maximum atomic E-state index is 5.96. The number of nitrogens with zero attached hydrogens (tertiary/aromatic N) is 3. The Morgan fingerprint density at radius 2 is 1.64 bits per heavy atom. The summed E-state index contributed by atoms with van der Waals surface area (Å²) in [5, 5.41) is 4.20. The van der Waals surface area contributed by atoms with E-state index in [9.17, 15) is 0 Å². The highest BCUT2D eigenvalue weighted by molar-refractivity contribution is 7.80. The number of ether oxygens (including phenoxy) is 2. The summed E-state index contributed by atoms with van der Waals surface area (Å²) >= 11 is 5.96. The highest BCUT2D eigenvalue weighted by Crippen LogP contribution is 2.48. The average molecular weight is 499 g/mol. The van der Waals surface area contributed by atoms with Crippen LogP contribution in [-0.4, -0.2) is 28.9 Å². The minimum absolute atomic E-state index is 0.140. The maximum absolute atomic E-state index is 5.96. The number of hydrogen-bond donors (Lipinski definition) is 1. The second-order valence-electron chi connectivity index (χ2n) is 8.91. The van der Waals surface area contributed by atoms with E-state index in [1.807, 2.05) is 48.7 Å². The van der Waals surface area contributed by atoms with Crippen molar-refractivity contribution >= 4 is 23.0 Å². The van der Waals surface area contributed by atoms with Crippen LogP contribution in [0.5, 0.6) is 11.5 Å². The lowest BCUT2D eigenvalue weighted by atomic mass is 9.93. The summed E-state index contributed by atoms with van der Waals surface area (Å²) in [6.45, 7) is 6.55. The molecule has 1 saturated heterocycles. The number of benzene rings is 2. The molecule has 5 rings (SSSR count). The van der Waals surface area contributed by atoms with Gasteiger partial charge < -0.3 is 24.3 Å². The molecule has 184 valence electrons. The smallest absolute Gasteiger partial charge is 0.174 e. The van der Waals surface area contributed by atoms with Gasteiger partial charge in [0.15, 0.2) is 5.11 Å². The van der Waals surface area contributed by atoms with Gasteiger partial charge in [0.1, 0.15) is 11.5 Å². The minimum atomic E-state index is -0.145. The number of para-hydroxylation sites is 1. The van der Waals surface area contributed by atoms with Crippen LogP contribution in [0, 0.1) is 20.8 Å². The van der Waals surface area contributed by atoms with E-state index in [1.54, 1.807) is 14.2 Å². The first-order chi connectivity index (χ1) is 17.5. The molecule has 2 aromatic carbocycles. The van der Waals surface area contributed by atoms with Gasteiger partial charge in [0.2, 0.25) is 0 Å². The number of methoxy groups -OCH3 is 2. The second-order valence-corrected chi connectivity index (χ2v) is 9.30. The van der Waals surface area contributed by atoms with Gasteiger partial charge in [0, 0.05) is 34.9 Å². The van der Waals surface area contributed by atoms with Crippen LogP contribution in [0.2, 0.25) is 0 Å². The largest absolute Gasteiger partial charge is 0.497 e. The highest BCUT2D eigenvalue weighted by Gasteiger charge is 2.44. The van der Waals surface area contributed by atoms with Crippen LogP contribution < -0.4 is 19.7 Å². The summed E-state index contributed by atoms with van der Waals surface area (Å²) in [5.74, 6) is 1.42. The molecule has 3 heterocycles. The molecule has 1 N–H and O–H groups in total. The summed E-state index contributed by atoms with van der Waals surface area (Å²) in [6.07, 6.45) is 1.83. The first-order valence-electron chi connectivity index (χ1n) is 11.9. The van der Waals surface area contributed by atoms with E-state index < -0.39 is 0 Å². The Labute approximate surface area is 217 Å². The Morgan fingerprint density at radius 3 is 2.31 bits per heavy atom. The van der Waals surface area contributed by atoms with Crippen molar-refractivity contribution in [3.8, 4) is 17.2 Å². The molecule has 1 aliphatic rings. The lowest BCUT2D eigenvalue weighted by molar-refractivity contribution is 0.394. The van der Waals surface area contributed by atoms with Gasteiger partial charge in [-0.25, -0.2) is 0 Å². The topological polar surface area (TPSA) is 51.5 Å². The zero-order valence-electron chi connectivity index (χ0n) is 21.1. The van der Waals surface area contributed by atoms with Gasteiger partial charge in [-0.1, -0.05) is 24.3 Å². The van der Waals surface area contributed by atoms with Crippen LogP contribution in [0.3, 0.4) is 0 Å². The molecular weight excluding hydrogens is 468 g/mol. The fourth-order valence-electron chi connectivity index (χ4n) is 5.30. The molecule has 4 aromatic rings. The zero-order valence-corrected chi connectivity index (χ0v) is 22.0. The summed E-state index contributed by atoms with van der Waals surface area (Å²) in [4.78, 5) is 6.87. The van der Waals surface area contributed by atoms with Crippen LogP contribution in [0.1, 0.15) is 40.3 Å². The van der Waals surface area contributed by atoms with Crippen molar-refractivity contribution in [2.24, 2.45) is 0 Å². The molecule has 0 aliphatic carbocycles. The van der Waals surface area contributed by atoms with Crippen LogP contribution >= 0.6 is 12.2 Å². The lowest BCUT2D eigenvalue weighted by Crippen LogP contribution is -2.30. The van der Waals surface area contributed by atoms with Gasteiger partial charge in [-0.3, -0.25) is 4.98 Å². The Balaban J connectivity index is 1.74. The molecule has 0 radical (unpaired) electrons. The van der Waals surface area contributed by atoms with Crippen molar-refractivity contribution in [1.29, 1.82) is 0 Å². The van der Waals surface area contributed by atoms with Gasteiger partial charge in [-0.15, -0.1) is 0 Å². The van der Waals surface area contributed by atoms with Crippen LogP contribution in [-0.2, 0) is 0 Å². The van der Waals surface area contributed by atoms with Crippen molar-refractivity contribution in [1.82, 2.24) is 14.9 Å². The second kappa shape index (κ2) is 9.66. The van der Waals surface area contributed by atoms with Crippen molar-refractivity contribution in [3.63, 3.8) is 0 Å². The highest BCUT2D eigenvalue weighted by atomic mass is 32.1. The van der Waals surface area contributed by atoms with E-state index in [4.69, 9.17) is 26.7 Å². The molecule has 36 heavy (non-hydrogen) atoms. The summed E-state index contributed by atoms with van der Waals surface area (Å²) in [7, 11) is 3.32. The monoisotopic (exact) mass is 498 g/mol. The molecule has 2 unspecified atom stereocenters. The van der Waals surface area contributed by atoms with E-state index >= 15 is 0 Å². The van der Waals surface area contributed by atoms with E-state index in [1.165, 1.54) is 22.5 Å². The lowest BCUT2D eigenvalue weighted by Gasteiger charge is -2.30. The molecular formula is C29H30N4O2S. The average Bonchev–Trinajstić information content (AvgIpc) is 3.36. The third kappa shape index (κ3) is 3.89. The fraction of sp³-hybridized carbons (Fsp3) is 0.241. The molecule has 7 heteroatoms. The molecule has 2 aromatic heterocycles. The quantitative estimate of drug-likeness (QED) is 0.330. The fourth-order valence-corrected chi connectivity index (χ4v) is 5.64. The number of pyridine rings is 1. The third-order valence-corrected chi connectivity index (χ3v) is 7.38. The predicted octanol–water partition coefficient (Wildman–Crippen LogP) is 5.99. The summed E-state index contributed by atoms with van der Waals surface area (Å²) in [5.41, 5.74) is 7.77. The third-order valence-electron chi connectivity index (χ3n) is 7.06. The van der Waals surface area contributed by atoms with Crippen molar-refractivity contribution in [2.75, 3.05) is 19.1 Å². The van der Waals surface area contributed by atoms with Gasteiger partial charge >= 0.3 is 0 Å². The molecule has 0 bridgehead atoms. The Kier molecular flexibility index (Phi) is 6.41. The van der Waals surface area contributed by atoms with Gasteiger partial charge in [-0.05, 0) is 75.0 Å². The molecule has 2 atom stereocenters. The SMILES string of the molecule is COc1ccc(N2C(=S)NC(c3ccccn3)C2c2c(C)c(C)n(-c3ccccc3)c2C)c(OC)c1. The molecule has 6 nitrogen and oxygen atoms in total. The number of anilines is 1. The summed E-state index contributed by atoms with van der Waals surface area (Å²) in [6, 6.07) is 22.0. The van der Waals surface area contributed by atoms with Crippen LogP contribution in [0.25, 0.3) is 5.69 Å². The Bertz CT molecular complexity index is 1400. The number of nitrogens with one attached hydrogen (secondary N) is 1. The first kappa shape index (κ1) is 23.9. The van der Waals surface area contributed by atoms with Gasteiger partial charge in [0.25, 0.3) is 0 Å². The van der Waals surface area contributed by atoms with Crippen LogP contribution in [0.4, 0.5) is 5.69 Å². The Hall–Kier alpha value is -3.84.